The Bertz CT molecular complexity index is 507. The van der Waals surface area contributed by atoms with Gasteiger partial charge in [-0.3, -0.25) is 9.59 Å². The monoisotopic (exact) mass is 285 g/mol. The van der Waals surface area contributed by atoms with Crippen LogP contribution in [0.3, 0.4) is 0 Å². The minimum absolute atomic E-state index is 0. The molecule has 1 aromatic heterocycles. The van der Waals surface area contributed by atoms with Crippen LogP contribution in [0.1, 0.15) is 18.4 Å². The quantitative estimate of drug-likeness (QED) is 0.854. The summed E-state index contributed by atoms with van der Waals surface area (Å²) in [4.78, 5) is 23.5. The summed E-state index contributed by atoms with van der Waals surface area (Å²) in [6.07, 6.45) is 3.62. The van der Waals surface area contributed by atoms with Crippen LogP contribution in [0.25, 0.3) is 0 Å². The first kappa shape index (κ1) is 15.7. The molecule has 0 bridgehead atoms. The van der Waals surface area contributed by atoms with Gasteiger partial charge in [0.15, 0.2) is 0 Å². The van der Waals surface area contributed by atoms with Gasteiger partial charge in [0.2, 0.25) is 5.91 Å². The first-order valence-electron chi connectivity index (χ1n) is 6.27. The number of hydrogen-bond acceptors (Lipinski definition) is 3. The van der Waals surface area contributed by atoms with Crippen molar-refractivity contribution in [1.82, 2.24) is 9.88 Å². The SMILES string of the molecule is Cc1cc(=O)n(C)cc1NC(=O)C1CCCNC1.Cl. The molecule has 0 spiro atoms. The number of aryl methyl sites for hydroxylation is 2. The number of rotatable bonds is 2. The van der Waals surface area contributed by atoms with E-state index < -0.39 is 0 Å². The highest BCUT2D eigenvalue weighted by atomic mass is 35.5. The molecule has 1 atom stereocenters. The molecule has 1 saturated heterocycles. The summed E-state index contributed by atoms with van der Waals surface area (Å²) in [5.74, 6) is 0.0549. The number of carbonyl (C=O) groups is 1. The molecule has 106 valence electrons. The number of piperidine rings is 1. The van der Waals surface area contributed by atoms with Crippen LogP contribution in [-0.2, 0) is 11.8 Å². The molecular formula is C13H20ClN3O2. The van der Waals surface area contributed by atoms with Crippen LogP contribution in [0, 0.1) is 12.8 Å². The van der Waals surface area contributed by atoms with E-state index >= 15 is 0 Å². The third-order valence-corrected chi connectivity index (χ3v) is 3.36. The second-order valence-electron chi connectivity index (χ2n) is 4.85. The molecule has 5 nitrogen and oxygen atoms in total. The minimum atomic E-state index is -0.0650. The van der Waals surface area contributed by atoms with Crippen molar-refractivity contribution in [2.45, 2.75) is 19.8 Å². The molecule has 2 rings (SSSR count). The molecule has 2 heterocycles. The third kappa shape index (κ3) is 3.81. The van der Waals surface area contributed by atoms with Gasteiger partial charge in [0.1, 0.15) is 0 Å². The van der Waals surface area contributed by atoms with Gasteiger partial charge >= 0.3 is 0 Å². The number of halogens is 1. The second-order valence-corrected chi connectivity index (χ2v) is 4.85. The molecule has 0 saturated carbocycles. The predicted molar refractivity (Wildman–Crippen MR) is 77.9 cm³/mol. The van der Waals surface area contributed by atoms with Crippen molar-refractivity contribution < 1.29 is 4.79 Å². The van der Waals surface area contributed by atoms with E-state index in [2.05, 4.69) is 10.6 Å². The molecule has 1 amide bonds. The van der Waals surface area contributed by atoms with Crippen molar-refractivity contribution >= 4 is 24.0 Å². The van der Waals surface area contributed by atoms with Gasteiger partial charge in [-0.2, -0.15) is 0 Å². The summed E-state index contributed by atoms with van der Waals surface area (Å²) in [5.41, 5.74) is 1.45. The summed E-state index contributed by atoms with van der Waals surface area (Å²) in [7, 11) is 1.68. The highest BCUT2D eigenvalue weighted by Crippen LogP contribution is 2.16. The van der Waals surface area contributed by atoms with Crippen molar-refractivity contribution in [3.63, 3.8) is 0 Å². The molecule has 1 aliphatic rings. The van der Waals surface area contributed by atoms with Crippen molar-refractivity contribution in [1.29, 1.82) is 0 Å². The summed E-state index contributed by atoms with van der Waals surface area (Å²) in [5, 5.41) is 6.13. The van der Waals surface area contributed by atoms with Gasteiger partial charge in [-0.25, -0.2) is 0 Å². The van der Waals surface area contributed by atoms with Gasteiger partial charge in [-0.05, 0) is 31.9 Å². The lowest BCUT2D eigenvalue weighted by atomic mass is 9.98. The zero-order chi connectivity index (χ0) is 13.1. The van der Waals surface area contributed by atoms with Crippen LogP contribution in [0.4, 0.5) is 5.69 Å². The highest BCUT2D eigenvalue weighted by Gasteiger charge is 2.21. The van der Waals surface area contributed by atoms with E-state index in [1.165, 1.54) is 10.6 Å². The number of anilines is 1. The van der Waals surface area contributed by atoms with E-state index in [1.54, 1.807) is 13.2 Å². The van der Waals surface area contributed by atoms with Crippen molar-refractivity contribution in [3.8, 4) is 0 Å². The van der Waals surface area contributed by atoms with Crippen LogP contribution in [-0.4, -0.2) is 23.6 Å². The number of nitrogens with one attached hydrogen (secondary N) is 2. The maximum Gasteiger partial charge on any atom is 0.250 e. The van der Waals surface area contributed by atoms with E-state index in [9.17, 15) is 9.59 Å². The predicted octanol–water partition coefficient (Wildman–Crippen LogP) is 1.05. The maximum atomic E-state index is 12.1. The van der Waals surface area contributed by atoms with Crippen molar-refractivity contribution in [3.05, 3.63) is 28.2 Å². The minimum Gasteiger partial charge on any atom is -0.324 e. The van der Waals surface area contributed by atoms with Crippen LogP contribution >= 0.6 is 12.4 Å². The van der Waals surface area contributed by atoms with Gasteiger partial charge in [-0.15, -0.1) is 12.4 Å². The van der Waals surface area contributed by atoms with E-state index in [0.717, 1.165) is 31.5 Å². The standard InChI is InChI=1S/C13H19N3O2.ClH/c1-9-6-12(17)16(2)8-11(9)15-13(18)10-4-3-5-14-7-10;/h6,8,10,14H,3-5,7H2,1-2H3,(H,15,18);1H. The number of nitrogens with zero attached hydrogens (tertiary/aromatic N) is 1. The number of aromatic nitrogens is 1. The third-order valence-electron chi connectivity index (χ3n) is 3.36. The van der Waals surface area contributed by atoms with Gasteiger partial charge in [-0.1, -0.05) is 0 Å². The Morgan fingerprint density at radius 3 is 2.89 bits per heavy atom. The van der Waals surface area contributed by atoms with Crippen molar-refractivity contribution in [2.75, 3.05) is 18.4 Å². The molecule has 19 heavy (non-hydrogen) atoms. The summed E-state index contributed by atoms with van der Waals surface area (Å²) >= 11 is 0. The Morgan fingerprint density at radius 2 is 2.26 bits per heavy atom. The maximum absolute atomic E-state index is 12.1. The Morgan fingerprint density at radius 1 is 1.53 bits per heavy atom. The first-order valence-corrected chi connectivity index (χ1v) is 6.27. The zero-order valence-corrected chi connectivity index (χ0v) is 12.0. The molecule has 1 fully saturated rings. The number of hydrogen-bond donors (Lipinski definition) is 2. The van der Waals surface area contributed by atoms with Gasteiger partial charge in [0, 0.05) is 25.9 Å². The Labute approximate surface area is 118 Å². The smallest absolute Gasteiger partial charge is 0.250 e. The van der Waals surface area contributed by atoms with Gasteiger partial charge in [0.05, 0.1) is 11.6 Å². The zero-order valence-electron chi connectivity index (χ0n) is 11.2. The lowest BCUT2D eigenvalue weighted by Gasteiger charge is -2.22. The molecule has 0 aliphatic carbocycles. The molecule has 1 aromatic rings. The summed E-state index contributed by atoms with van der Waals surface area (Å²) in [6, 6.07) is 1.54. The van der Waals surface area contributed by atoms with Crippen LogP contribution in [0.2, 0.25) is 0 Å². The Hall–Kier alpha value is -1.33. The van der Waals surface area contributed by atoms with Crippen LogP contribution in [0.5, 0.6) is 0 Å². The fourth-order valence-electron chi connectivity index (χ4n) is 2.17. The average Bonchev–Trinajstić information content (AvgIpc) is 2.37. The first-order chi connectivity index (χ1) is 8.58. The van der Waals surface area contributed by atoms with E-state index in [0.29, 0.717) is 5.69 Å². The van der Waals surface area contributed by atoms with Gasteiger partial charge < -0.3 is 15.2 Å². The molecule has 6 heteroatoms. The van der Waals surface area contributed by atoms with Gasteiger partial charge in [0.25, 0.3) is 5.56 Å². The largest absolute Gasteiger partial charge is 0.324 e. The fourth-order valence-corrected chi connectivity index (χ4v) is 2.17. The molecular weight excluding hydrogens is 266 g/mol. The lowest BCUT2D eigenvalue weighted by Crippen LogP contribution is -2.37. The van der Waals surface area contributed by atoms with E-state index in [4.69, 9.17) is 0 Å². The molecule has 0 aromatic carbocycles. The molecule has 2 N–H and O–H groups in total. The molecule has 1 aliphatic heterocycles. The molecule has 0 radical (unpaired) electrons. The number of carbonyl (C=O) groups excluding carboxylic acids is 1. The highest BCUT2D eigenvalue weighted by molar-refractivity contribution is 5.93. The summed E-state index contributed by atoms with van der Waals surface area (Å²) < 4.78 is 1.47. The van der Waals surface area contributed by atoms with Crippen molar-refractivity contribution in [2.24, 2.45) is 13.0 Å². The Balaban J connectivity index is 0.00000180. The lowest BCUT2D eigenvalue weighted by molar-refractivity contribution is -0.120. The number of amides is 1. The second kappa shape index (κ2) is 6.73. The van der Waals surface area contributed by atoms with Crippen LogP contribution < -0.4 is 16.2 Å². The topological polar surface area (TPSA) is 63.1 Å². The molecule has 1 unspecified atom stereocenters. The normalized spacial score (nSPS) is 18.5. The summed E-state index contributed by atoms with van der Waals surface area (Å²) in [6.45, 7) is 3.55. The Kier molecular flexibility index (Phi) is 5.57. The van der Waals surface area contributed by atoms with Crippen LogP contribution in [0.15, 0.2) is 17.1 Å². The van der Waals surface area contributed by atoms with E-state index in [-0.39, 0.29) is 29.8 Å². The fraction of sp³-hybridized carbons (Fsp3) is 0.538. The van der Waals surface area contributed by atoms with E-state index in [1.807, 2.05) is 6.92 Å². The average molecular weight is 286 g/mol. The number of pyridine rings is 1.